The molecule has 27 heavy (non-hydrogen) atoms. The first-order valence-electron chi connectivity index (χ1n) is 9.31. The number of nitrogens with zero attached hydrogens (tertiary/aromatic N) is 3. The van der Waals surface area contributed by atoms with Gasteiger partial charge in [0.1, 0.15) is 5.82 Å². The van der Waals surface area contributed by atoms with Crippen molar-refractivity contribution in [2.45, 2.75) is 26.2 Å². The average Bonchev–Trinajstić information content (AvgIpc) is 2.67. The smallest absolute Gasteiger partial charge is 0.256 e. The first-order valence-corrected chi connectivity index (χ1v) is 9.31. The Bertz CT molecular complexity index is 808. The van der Waals surface area contributed by atoms with E-state index in [0.717, 1.165) is 30.8 Å². The SMILES string of the molecule is Cc1ncccc1C(=O)N1CCCCc2cccc(n2)NCCNC(=O)C1. The number of carbonyl (C=O) groups is 2. The topological polar surface area (TPSA) is 87.2 Å². The third kappa shape index (κ3) is 5.26. The fourth-order valence-corrected chi connectivity index (χ4v) is 3.08. The maximum absolute atomic E-state index is 12.9. The largest absolute Gasteiger partial charge is 0.368 e. The van der Waals surface area contributed by atoms with Gasteiger partial charge in [-0.1, -0.05) is 6.07 Å². The minimum Gasteiger partial charge on any atom is -0.368 e. The van der Waals surface area contributed by atoms with Crippen molar-refractivity contribution < 1.29 is 9.59 Å². The fraction of sp³-hybridized carbons (Fsp3) is 0.400. The Labute approximate surface area is 159 Å². The molecule has 7 heteroatoms. The van der Waals surface area contributed by atoms with Gasteiger partial charge in [-0.05, 0) is 50.5 Å². The lowest BCUT2D eigenvalue weighted by atomic mass is 10.1. The number of hydrogen-bond acceptors (Lipinski definition) is 5. The molecule has 1 aliphatic heterocycles. The molecule has 2 amide bonds. The second kappa shape index (κ2) is 9.12. The Balaban J connectivity index is 1.73. The van der Waals surface area contributed by atoms with Gasteiger partial charge in [-0.2, -0.15) is 0 Å². The molecule has 3 rings (SSSR count). The van der Waals surface area contributed by atoms with Gasteiger partial charge in [0.25, 0.3) is 5.91 Å². The van der Waals surface area contributed by atoms with Gasteiger partial charge in [0.15, 0.2) is 0 Å². The quantitative estimate of drug-likeness (QED) is 0.802. The Kier molecular flexibility index (Phi) is 6.35. The zero-order chi connectivity index (χ0) is 19.1. The molecule has 142 valence electrons. The highest BCUT2D eigenvalue weighted by Crippen LogP contribution is 2.12. The van der Waals surface area contributed by atoms with E-state index < -0.39 is 0 Å². The van der Waals surface area contributed by atoms with Crippen LogP contribution in [-0.4, -0.2) is 52.9 Å². The molecule has 2 N–H and O–H groups in total. The highest BCUT2D eigenvalue weighted by Gasteiger charge is 2.20. The number of carbonyl (C=O) groups excluding carboxylic acids is 2. The second-order valence-electron chi connectivity index (χ2n) is 6.61. The van der Waals surface area contributed by atoms with E-state index in [-0.39, 0.29) is 18.4 Å². The number of nitrogens with one attached hydrogen (secondary N) is 2. The molecular weight excluding hydrogens is 342 g/mol. The molecule has 3 heterocycles. The zero-order valence-corrected chi connectivity index (χ0v) is 15.6. The van der Waals surface area contributed by atoms with Gasteiger partial charge >= 0.3 is 0 Å². The maximum Gasteiger partial charge on any atom is 0.256 e. The predicted octanol–water partition coefficient (Wildman–Crippen LogP) is 1.79. The van der Waals surface area contributed by atoms with Gasteiger partial charge in [-0.15, -0.1) is 0 Å². The van der Waals surface area contributed by atoms with E-state index in [4.69, 9.17) is 0 Å². The van der Waals surface area contributed by atoms with E-state index >= 15 is 0 Å². The molecular formula is C20H25N5O2. The van der Waals surface area contributed by atoms with Gasteiger partial charge < -0.3 is 15.5 Å². The molecule has 2 bridgehead atoms. The number of anilines is 1. The minimum absolute atomic E-state index is 0.0523. The number of aryl methyl sites for hydroxylation is 2. The summed E-state index contributed by atoms with van der Waals surface area (Å²) in [5.41, 5.74) is 2.25. The molecule has 7 nitrogen and oxygen atoms in total. The van der Waals surface area contributed by atoms with Crippen LogP contribution in [0.3, 0.4) is 0 Å². The van der Waals surface area contributed by atoms with Crippen molar-refractivity contribution in [3.63, 3.8) is 0 Å². The van der Waals surface area contributed by atoms with Crippen LogP contribution in [0.15, 0.2) is 36.5 Å². The molecule has 0 saturated heterocycles. The number of rotatable bonds is 1. The Morgan fingerprint density at radius 1 is 1.11 bits per heavy atom. The van der Waals surface area contributed by atoms with Crippen LogP contribution in [0.5, 0.6) is 0 Å². The summed E-state index contributed by atoms with van der Waals surface area (Å²) in [6.45, 7) is 3.44. The van der Waals surface area contributed by atoms with E-state index in [9.17, 15) is 9.59 Å². The molecule has 0 aliphatic carbocycles. The summed E-state index contributed by atoms with van der Waals surface area (Å²) >= 11 is 0. The van der Waals surface area contributed by atoms with Crippen LogP contribution < -0.4 is 10.6 Å². The third-order valence-corrected chi connectivity index (χ3v) is 4.53. The normalized spacial score (nSPS) is 16.0. The first-order chi connectivity index (χ1) is 13.1. The summed E-state index contributed by atoms with van der Waals surface area (Å²) in [7, 11) is 0. The van der Waals surface area contributed by atoms with E-state index in [0.29, 0.717) is 30.9 Å². The molecule has 2 aromatic heterocycles. The summed E-state index contributed by atoms with van der Waals surface area (Å²) in [6, 6.07) is 9.42. The van der Waals surface area contributed by atoms with Gasteiger partial charge in [-0.3, -0.25) is 14.6 Å². The predicted molar refractivity (Wildman–Crippen MR) is 104 cm³/mol. The number of hydrogen-bond donors (Lipinski definition) is 2. The van der Waals surface area contributed by atoms with E-state index in [1.165, 1.54) is 0 Å². The van der Waals surface area contributed by atoms with Crippen molar-refractivity contribution in [1.29, 1.82) is 0 Å². The van der Waals surface area contributed by atoms with Crippen molar-refractivity contribution in [2.75, 3.05) is 31.5 Å². The van der Waals surface area contributed by atoms with Crippen LogP contribution >= 0.6 is 0 Å². The summed E-state index contributed by atoms with van der Waals surface area (Å²) in [5, 5.41) is 6.07. The Hall–Kier alpha value is -2.96. The van der Waals surface area contributed by atoms with E-state index in [1.807, 2.05) is 25.1 Å². The van der Waals surface area contributed by atoms with Crippen LogP contribution in [-0.2, 0) is 11.2 Å². The Morgan fingerprint density at radius 2 is 1.96 bits per heavy atom. The molecule has 0 aromatic carbocycles. The summed E-state index contributed by atoms with van der Waals surface area (Å²) in [6.07, 6.45) is 4.21. The van der Waals surface area contributed by atoms with Gasteiger partial charge in [-0.25, -0.2) is 4.98 Å². The highest BCUT2D eigenvalue weighted by atomic mass is 16.2. The highest BCUT2D eigenvalue weighted by molar-refractivity contribution is 5.97. The van der Waals surface area contributed by atoms with Crippen molar-refractivity contribution in [3.8, 4) is 0 Å². The molecule has 0 spiro atoms. The van der Waals surface area contributed by atoms with Crippen LogP contribution in [0.1, 0.15) is 34.6 Å². The van der Waals surface area contributed by atoms with Gasteiger partial charge in [0.2, 0.25) is 5.91 Å². The lowest BCUT2D eigenvalue weighted by Crippen LogP contribution is -2.42. The van der Waals surface area contributed by atoms with Crippen LogP contribution in [0.4, 0.5) is 5.82 Å². The molecule has 0 atom stereocenters. The van der Waals surface area contributed by atoms with E-state index in [2.05, 4.69) is 20.6 Å². The minimum atomic E-state index is -0.162. The molecule has 2 aromatic rings. The molecule has 0 fully saturated rings. The van der Waals surface area contributed by atoms with E-state index in [1.54, 1.807) is 23.2 Å². The van der Waals surface area contributed by atoms with Crippen LogP contribution in [0.25, 0.3) is 0 Å². The lowest BCUT2D eigenvalue weighted by molar-refractivity contribution is -0.121. The molecule has 1 aliphatic rings. The zero-order valence-electron chi connectivity index (χ0n) is 15.6. The summed E-state index contributed by atoms with van der Waals surface area (Å²) in [5.74, 6) is 0.509. The number of pyridine rings is 2. The van der Waals surface area contributed by atoms with Gasteiger partial charge in [0, 0.05) is 37.2 Å². The van der Waals surface area contributed by atoms with Crippen molar-refractivity contribution in [3.05, 3.63) is 53.5 Å². The number of amides is 2. The fourth-order valence-electron chi connectivity index (χ4n) is 3.08. The summed E-state index contributed by atoms with van der Waals surface area (Å²) < 4.78 is 0. The molecule has 0 unspecified atom stereocenters. The van der Waals surface area contributed by atoms with Crippen LogP contribution in [0.2, 0.25) is 0 Å². The standard InChI is InChI=1S/C20H25N5O2/c1-15-17(8-5-10-21-15)20(27)25-13-3-2-6-16-7-4-9-18(24-16)22-11-12-23-19(26)14-25/h4-5,7-10H,2-3,6,11-14H2,1H3,(H,22,24)(H,23,26). The van der Waals surface area contributed by atoms with Crippen molar-refractivity contribution in [1.82, 2.24) is 20.2 Å². The molecule has 0 saturated carbocycles. The lowest BCUT2D eigenvalue weighted by Gasteiger charge is -2.23. The number of fused-ring (bicyclic) bond motifs is 2. The Morgan fingerprint density at radius 3 is 2.81 bits per heavy atom. The average molecular weight is 367 g/mol. The van der Waals surface area contributed by atoms with Crippen molar-refractivity contribution >= 4 is 17.6 Å². The summed E-state index contributed by atoms with van der Waals surface area (Å²) in [4.78, 5) is 35.6. The third-order valence-electron chi connectivity index (χ3n) is 4.53. The number of aromatic nitrogens is 2. The maximum atomic E-state index is 12.9. The molecule has 0 radical (unpaired) electrons. The first kappa shape index (κ1) is 18.8. The van der Waals surface area contributed by atoms with Crippen LogP contribution in [0, 0.1) is 6.92 Å². The monoisotopic (exact) mass is 367 g/mol. The van der Waals surface area contributed by atoms with Crippen molar-refractivity contribution in [2.24, 2.45) is 0 Å². The van der Waals surface area contributed by atoms with Gasteiger partial charge in [0.05, 0.1) is 12.1 Å². The second-order valence-corrected chi connectivity index (χ2v) is 6.61.